The Balaban J connectivity index is 1.97. The SMILES string of the molecule is CSC1(CNC(C)c2ccc(F)cc2F)CCC1. The number of benzene rings is 1. The summed E-state index contributed by atoms with van der Waals surface area (Å²) in [4.78, 5) is 0. The van der Waals surface area contributed by atoms with Crippen molar-refractivity contribution in [2.45, 2.75) is 37.0 Å². The van der Waals surface area contributed by atoms with Crippen molar-refractivity contribution < 1.29 is 8.78 Å². The highest BCUT2D eigenvalue weighted by Gasteiger charge is 2.36. The first kappa shape index (κ1) is 13.8. The van der Waals surface area contributed by atoms with Gasteiger partial charge in [0.1, 0.15) is 11.6 Å². The van der Waals surface area contributed by atoms with Crippen LogP contribution in [0.1, 0.15) is 37.8 Å². The molecule has 0 heterocycles. The molecule has 0 saturated heterocycles. The third-order valence-electron chi connectivity index (χ3n) is 3.86. The first-order valence-electron chi connectivity index (χ1n) is 6.30. The van der Waals surface area contributed by atoms with Gasteiger partial charge in [-0.25, -0.2) is 8.78 Å². The average molecular weight is 271 g/mol. The van der Waals surface area contributed by atoms with E-state index >= 15 is 0 Å². The van der Waals surface area contributed by atoms with E-state index in [0.29, 0.717) is 10.3 Å². The Hall–Kier alpha value is -0.610. The van der Waals surface area contributed by atoms with E-state index in [0.717, 1.165) is 12.6 Å². The van der Waals surface area contributed by atoms with Crippen LogP contribution < -0.4 is 5.32 Å². The van der Waals surface area contributed by atoms with Gasteiger partial charge < -0.3 is 5.32 Å². The molecule has 1 aliphatic carbocycles. The van der Waals surface area contributed by atoms with Crippen LogP contribution in [-0.4, -0.2) is 17.5 Å². The number of rotatable bonds is 5. The molecule has 1 N–H and O–H groups in total. The summed E-state index contributed by atoms with van der Waals surface area (Å²) >= 11 is 1.89. The molecule has 0 aromatic heterocycles. The predicted molar refractivity (Wildman–Crippen MR) is 72.9 cm³/mol. The minimum atomic E-state index is -0.525. The van der Waals surface area contributed by atoms with Gasteiger partial charge in [0.25, 0.3) is 0 Å². The van der Waals surface area contributed by atoms with Gasteiger partial charge >= 0.3 is 0 Å². The molecule has 0 spiro atoms. The second kappa shape index (κ2) is 5.57. The van der Waals surface area contributed by atoms with Crippen LogP contribution in [0, 0.1) is 11.6 Å². The van der Waals surface area contributed by atoms with E-state index in [4.69, 9.17) is 0 Å². The maximum absolute atomic E-state index is 13.6. The Kier molecular flexibility index (Phi) is 4.28. The summed E-state index contributed by atoms with van der Waals surface area (Å²) in [6, 6.07) is 3.69. The Bertz CT molecular complexity index is 413. The molecule has 18 heavy (non-hydrogen) atoms. The molecule has 0 radical (unpaired) electrons. The molecule has 0 aliphatic heterocycles. The van der Waals surface area contributed by atoms with E-state index in [2.05, 4.69) is 11.6 Å². The fourth-order valence-corrected chi connectivity index (χ4v) is 3.25. The van der Waals surface area contributed by atoms with Gasteiger partial charge in [0.15, 0.2) is 0 Å². The second-order valence-electron chi connectivity index (χ2n) is 5.01. The molecular formula is C14H19F2NS. The topological polar surface area (TPSA) is 12.0 Å². The zero-order valence-corrected chi connectivity index (χ0v) is 11.6. The zero-order chi connectivity index (χ0) is 13.2. The molecule has 1 aromatic carbocycles. The van der Waals surface area contributed by atoms with Gasteiger partial charge in [0.05, 0.1) is 0 Å². The van der Waals surface area contributed by atoms with Crippen molar-refractivity contribution >= 4 is 11.8 Å². The fraction of sp³-hybridized carbons (Fsp3) is 0.571. The molecule has 2 rings (SSSR count). The van der Waals surface area contributed by atoms with E-state index in [1.807, 2.05) is 18.7 Å². The lowest BCUT2D eigenvalue weighted by molar-refractivity contribution is 0.332. The maximum Gasteiger partial charge on any atom is 0.130 e. The van der Waals surface area contributed by atoms with Crippen LogP contribution in [0.25, 0.3) is 0 Å². The minimum absolute atomic E-state index is 0.0878. The number of hydrogen-bond donors (Lipinski definition) is 1. The van der Waals surface area contributed by atoms with Gasteiger partial charge in [0, 0.05) is 29.0 Å². The van der Waals surface area contributed by atoms with Crippen molar-refractivity contribution in [3.05, 3.63) is 35.4 Å². The third kappa shape index (κ3) is 2.86. The van der Waals surface area contributed by atoms with Crippen LogP contribution in [0.4, 0.5) is 8.78 Å². The predicted octanol–water partition coefficient (Wildman–Crippen LogP) is 3.90. The number of nitrogens with one attached hydrogen (secondary N) is 1. The van der Waals surface area contributed by atoms with Crippen LogP contribution in [0.3, 0.4) is 0 Å². The summed E-state index contributed by atoms with van der Waals surface area (Å²) in [5, 5.41) is 3.37. The molecule has 4 heteroatoms. The first-order chi connectivity index (χ1) is 8.56. The Morgan fingerprint density at radius 2 is 2.11 bits per heavy atom. The molecule has 1 atom stereocenters. The van der Waals surface area contributed by atoms with Crippen molar-refractivity contribution in [3.63, 3.8) is 0 Å². The van der Waals surface area contributed by atoms with E-state index in [1.54, 1.807) is 0 Å². The quantitative estimate of drug-likeness (QED) is 0.871. The molecule has 0 amide bonds. The summed E-state index contributed by atoms with van der Waals surface area (Å²) in [5.41, 5.74) is 0.534. The van der Waals surface area contributed by atoms with Gasteiger partial charge in [-0.05, 0) is 32.1 Å². The van der Waals surface area contributed by atoms with Gasteiger partial charge in [0.2, 0.25) is 0 Å². The molecule has 1 saturated carbocycles. The van der Waals surface area contributed by atoms with E-state index in [9.17, 15) is 8.78 Å². The number of halogens is 2. The van der Waals surface area contributed by atoms with Crippen LogP contribution in [0.2, 0.25) is 0 Å². The van der Waals surface area contributed by atoms with Crippen LogP contribution in [0.5, 0.6) is 0 Å². The molecular weight excluding hydrogens is 252 g/mol. The number of thioether (sulfide) groups is 1. The van der Waals surface area contributed by atoms with Gasteiger partial charge in [-0.3, -0.25) is 0 Å². The lowest BCUT2D eigenvalue weighted by Gasteiger charge is -2.41. The van der Waals surface area contributed by atoms with E-state index < -0.39 is 11.6 Å². The van der Waals surface area contributed by atoms with Gasteiger partial charge in [-0.2, -0.15) is 11.8 Å². The van der Waals surface area contributed by atoms with Crippen LogP contribution >= 0.6 is 11.8 Å². The molecule has 100 valence electrons. The molecule has 1 nitrogen and oxygen atoms in total. The Morgan fingerprint density at radius 1 is 1.39 bits per heavy atom. The molecule has 1 aromatic rings. The molecule has 1 unspecified atom stereocenters. The third-order valence-corrected chi connectivity index (χ3v) is 5.28. The largest absolute Gasteiger partial charge is 0.309 e. The summed E-state index contributed by atoms with van der Waals surface area (Å²) in [5.74, 6) is -0.996. The first-order valence-corrected chi connectivity index (χ1v) is 7.52. The van der Waals surface area contributed by atoms with Crippen molar-refractivity contribution in [2.75, 3.05) is 12.8 Å². The van der Waals surface area contributed by atoms with Crippen molar-refractivity contribution in [1.29, 1.82) is 0 Å². The van der Waals surface area contributed by atoms with Gasteiger partial charge in [-0.15, -0.1) is 0 Å². The summed E-state index contributed by atoms with van der Waals surface area (Å²) in [6.45, 7) is 2.80. The summed E-state index contributed by atoms with van der Waals surface area (Å²) < 4.78 is 26.8. The van der Waals surface area contributed by atoms with Crippen molar-refractivity contribution in [1.82, 2.24) is 5.32 Å². The zero-order valence-electron chi connectivity index (χ0n) is 10.8. The highest BCUT2D eigenvalue weighted by molar-refractivity contribution is 8.00. The number of hydrogen-bond acceptors (Lipinski definition) is 2. The maximum atomic E-state index is 13.6. The second-order valence-corrected chi connectivity index (χ2v) is 6.28. The van der Waals surface area contributed by atoms with Crippen LogP contribution in [0.15, 0.2) is 18.2 Å². The lowest BCUT2D eigenvalue weighted by atomic mass is 9.84. The normalized spacial score (nSPS) is 19.3. The molecule has 1 fully saturated rings. The Morgan fingerprint density at radius 3 is 2.61 bits per heavy atom. The highest BCUT2D eigenvalue weighted by Crippen LogP contribution is 2.42. The molecule has 0 bridgehead atoms. The Labute approximate surface area is 111 Å². The van der Waals surface area contributed by atoms with Gasteiger partial charge in [-0.1, -0.05) is 12.5 Å². The lowest BCUT2D eigenvalue weighted by Crippen LogP contribution is -2.44. The average Bonchev–Trinajstić information content (AvgIpc) is 2.27. The summed E-state index contributed by atoms with van der Waals surface area (Å²) in [6.07, 6.45) is 5.85. The highest BCUT2D eigenvalue weighted by atomic mass is 32.2. The summed E-state index contributed by atoms with van der Waals surface area (Å²) in [7, 11) is 0. The molecule has 1 aliphatic rings. The monoisotopic (exact) mass is 271 g/mol. The smallest absolute Gasteiger partial charge is 0.130 e. The fourth-order valence-electron chi connectivity index (χ4n) is 2.33. The van der Waals surface area contributed by atoms with E-state index in [-0.39, 0.29) is 6.04 Å². The minimum Gasteiger partial charge on any atom is -0.309 e. The van der Waals surface area contributed by atoms with Crippen molar-refractivity contribution in [3.8, 4) is 0 Å². The van der Waals surface area contributed by atoms with Crippen LogP contribution in [-0.2, 0) is 0 Å². The van der Waals surface area contributed by atoms with E-state index in [1.165, 1.54) is 31.4 Å². The standard InChI is InChI=1S/C14H19F2NS/c1-10(12-5-4-11(15)8-13(12)16)17-9-14(18-2)6-3-7-14/h4-5,8,10,17H,3,6-7,9H2,1-2H3. The van der Waals surface area contributed by atoms with Crippen molar-refractivity contribution in [2.24, 2.45) is 0 Å².